The molecule has 1 amide bonds. The van der Waals surface area contributed by atoms with Gasteiger partial charge in [-0.05, 0) is 53.9 Å². The van der Waals surface area contributed by atoms with Gasteiger partial charge in [-0.1, -0.05) is 54.6 Å². The third kappa shape index (κ3) is 4.10. The zero-order valence-corrected chi connectivity index (χ0v) is 18.5. The highest BCUT2D eigenvalue weighted by Crippen LogP contribution is 2.32. The zero-order valence-electron chi connectivity index (χ0n) is 17.7. The number of para-hydroxylation sites is 1. The number of nitrogens with zero attached hydrogens (tertiary/aromatic N) is 2. The van der Waals surface area contributed by atoms with Crippen LogP contribution in [0.4, 0.5) is 11.5 Å². The minimum atomic E-state index is -3.78. The average Bonchev–Trinajstić information content (AvgIpc) is 3.30. The van der Waals surface area contributed by atoms with E-state index in [4.69, 9.17) is 0 Å². The Bertz CT molecular complexity index is 1420. The molecule has 6 nitrogen and oxygen atoms in total. The molecule has 1 aliphatic heterocycles. The molecule has 4 aromatic rings. The first-order valence-corrected chi connectivity index (χ1v) is 12.0. The van der Waals surface area contributed by atoms with E-state index in [1.54, 1.807) is 30.5 Å². The number of carbonyl (C=O) groups excluding carboxylic acids is 1. The summed E-state index contributed by atoms with van der Waals surface area (Å²) in [5.74, 6) is -0.0322. The number of hydrogen-bond acceptors (Lipinski definition) is 4. The second-order valence-corrected chi connectivity index (χ2v) is 9.60. The number of rotatable bonds is 5. The molecule has 5 rings (SSSR count). The molecule has 164 valence electrons. The fraction of sp³-hybridized carbons (Fsp3) is 0.0769. The third-order valence-corrected chi connectivity index (χ3v) is 7.45. The summed E-state index contributed by atoms with van der Waals surface area (Å²) >= 11 is 0. The van der Waals surface area contributed by atoms with Crippen LogP contribution in [0.5, 0.6) is 0 Å². The number of amides is 1. The van der Waals surface area contributed by atoms with Crippen molar-refractivity contribution in [3.63, 3.8) is 0 Å². The molecule has 0 radical (unpaired) electrons. The molecule has 0 unspecified atom stereocenters. The molecule has 0 atom stereocenters. The van der Waals surface area contributed by atoms with Gasteiger partial charge in [0.2, 0.25) is 0 Å². The Labute approximate surface area is 192 Å². The Hall–Kier alpha value is -3.97. The van der Waals surface area contributed by atoms with Crippen LogP contribution in [0.25, 0.3) is 11.1 Å². The van der Waals surface area contributed by atoms with Crippen LogP contribution in [0.2, 0.25) is 0 Å². The van der Waals surface area contributed by atoms with E-state index in [1.807, 2.05) is 54.6 Å². The fourth-order valence-corrected chi connectivity index (χ4v) is 5.49. The summed E-state index contributed by atoms with van der Waals surface area (Å²) < 4.78 is 28.0. The van der Waals surface area contributed by atoms with E-state index >= 15 is 0 Å². The van der Waals surface area contributed by atoms with Crippen molar-refractivity contribution in [1.82, 2.24) is 4.98 Å². The van der Waals surface area contributed by atoms with Crippen LogP contribution in [-0.4, -0.2) is 25.9 Å². The van der Waals surface area contributed by atoms with Crippen molar-refractivity contribution in [1.29, 1.82) is 0 Å². The van der Waals surface area contributed by atoms with Crippen molar-refractivity contribution in [3.8, 4) is 11.1 Å². The van der Waals surface area contributed by atoms with Crippen LogP contribution >= 0.6 is 0 Å². The largest absolute Gasteiger partial charge is 0.307 e. The number of aromatic nitrogens is 1. The van der Waals surface area contributed by atoms with Gasteiger partial charge in [0.1, 0.15) is 5.82 Å². The summed E-state index contributed by atoms with van der Waals surface area (Å²) in [5, 5.41) is 2.74. The molecule has 0 spiro atoms. The number of benzene rings is 3. The first-order chi connectivity index (χ1) is 16.0. The first kappa shape index (κ1) is 20.9. The van der Waals surface area contributed by atoms with Crippen molar-refractivity contribution in [2.45, 2.75) is 11.3 Å². The predicted octanol–water partition coefficient (Wildman–Crippen LogP) is 4.75. The molecule has 0 saturated carbocycles. The van der Waals surface area contributed by atoms with E-state index in [9.17, 15) is 13.2 Å². The second-order valence-electron chi connectivity index (χ2n) is 7.74. The molecule has 0 fully saturated rings. The summed E-state index contributed by atoms with van der Waals surface area (Å²) in [6.07, 6.45) is 2.36. The SMILES string of the molecule is O=C(Nc1ccc(-c2ccccc2)cn1)c1cccc(S(=O)(=O)N2CCc3ccccc32)c1. The van der Waals surface area contributed by atoms with E-state index in [0.717, 1.165) is 16.7 Å². The van der Waals surface area contributed by atoms with E-state index < -0.39 is 15.9 Å². The quantitative estimate of drug-likeness (QED) is 0.471. The third-order valence-electron chi connectivity index (χ3n) is 5.64. The standard InChI is InChI=1S/C26H21N3O3S/c30-26(28-25-14-13-22(18-27-25)19-7-2-1-3-8-19)21-10-6-11-23(17-21)33(31,32)29-16-15-20-9-4-5-12-24(20)29/h1-14,17-18H,15-16H2,(H,27,28,30). The van der Waals surface area contributed by atoms with Crippen molar-refractivity contribution >= 4 is 27.4 Å². The van der Waals surface area contributed by atoms with Crippen LogP contribution in [0.1, 0.15) is 15.9 Å². The number of pyridine rings is 1. The Morgan fingerprint density at radius 1 is 0.848 bits per heavy atom. The lowest BCUT2D eigenvalue weighted by molar-refractivity contribution is 0.102. The van der Waals surface area contributed by atoms with Gasteiger partial charge in [-0.15, -0.1) is 0 Å². The van der Waals surface area contributed by atoms with Gasteiger partial charge in [0, 0.05) is 23.9 Å². The van der Waals surface area contributed by atoms with Gasteiger partial charge in [0.25, 0.3) is 15.9 Å². The van der Waals surface area contributed by atoms with E-state index in [0.29, 0.717) is 24.5 Å². The number of carbonyl (C=O) groups is 1. The lowest BCUT2D eigenvalue weighted by Crippen LogP contribution is -2.29. The number of nitrogens with one attached hydrogen (secondary N) is 1. The Kier molecular flexibility index (Phi) is 5.40. The molecule has 1 N–H and O–H groups in total. The first-order valence-electron chi connectivity index (χ1n) is 10.6. The maximum absolute atomic E-state index is 13.3. The molecule has 0 bridgehead atoms. The van der Waals surface area contributed by atoms with Gasteiger partial charge in [0.05, 0.1) is 10.6 Å². The maximum atomic E-state index is 13.3. The monoisotopic (exact) mass is 455 g/mol. The van der Waals surface area contributed by atoms with Crippen LogP contribution in [0.15, 0.2) is 102 Å². The Balaban J connectivity index is 1.35. The molecular weight excluding hydrogens is 434 g/mol. The van der Waals surface area contributed by atoms with E-state index in [1.165, 1.54) is 16.4 Å². The minimum Gasteiger partial charge on any atom is -0.307 e. The summed E-state index contributed by atoms with van der Waals surface area (Å²) in [4.78, 5) is 17.2. The highest BCUT2D eigenvalue weighted by Gasteiger charge is 2.30. The predicted molar refractivity (Wildman–Crippen MR) is 129 cm³/mol. The van der Waals surface area contributed by atoms with Gasteiger partial charge in [0.15, 0.2) is 0 Å². The molecule has 0 aliphatic carbocycles. The number of fused-ring (bicyclic) bond motifs is 1. The van der Waals surface area contributed by atoms with Gasteiger partial charge in [-0.3, -0.25) is 9.10 Å². The summed E-state index contributed by atoms with van der Waals surface area (Å²) in [6.45, 7) is 0.385. The van der Waals surface area contributed by atoms with Gasteiger partial charge in [-0.2, -0.15) is 0 Å². The smallest absolute Gasteiger partial charge is 0.264 e. The maximum Gasteiger partial charge on any atom is 0.264 e. The summed E-state index contributed by atoms with van der Waals surface area (Å²) in [5.41, 5.74) is 3.91. The average molecular weight is 456 g/mol. The molecular formula is C26H21N3O3S. The van der Waals surface area contributed by atoms with Gasteiger partial charge < -0.3 is 5.32 Å². The molecule has 2 heterocycles. The normalized spacial score (nSPS) is 12.9. The highest BCUT2D eigenvalue weighted by molar-refractivity contribution is 7.92. The lowest BCUT2D eigenvalue weighted by Gasteiger charge is -2.20. The molecule has 3 aromatic carbocycles. The summed E-state index contributed by atoms with van der Waals surface area (Å²) in [6, 6.07) is 27.0. The number of hydrogen-bond donors (Lipinski definition) is 1. The van der Waals surface area contributed by atoms with Crippen molar-refractivity contribution < 1.29 is 13.2 Å². The number of sulfonamides is 1. The Morgan fingerprint density at radius 3 is 2.42 bits per heavy atom. The molecule has 33 heavy (non-hydrogen) atoms. The number of anilines is 2. The van der Waals surface area contributed by atoms with Crippen molar-refractivity contribution in [2.75, 3.05) is 16.2 Å². The van der Waals surface area contributed by atoms with Gasteiger partial charge >= 0.3 is 0 Å². The molecule has 1 aliphatic rings. The highest BCUT2D eigenvalue weighted by atomic mass is 32.2. The van der Waals surface area contributed by atoms with Crippen molar-refractivity contribution in [3.05, 3.63) is 108 Å². The fourth-order valence-electron chi connectivity index (χ4n) is 3.94. The van der Waals surface area contributed by atoms with Crippen LogP contribution < -0.4 is 9.62 Å². The van der Waals surface area contributed by atoms with E-state index in [2.05, 4.69) is 10.3 Å². The zero-order chi connectivity index (χ0) is 22.8. The van der Waals surface area contributed by atoms with Crippen LogP contribution in [-0.2, 0) is 16.4 Å². The summed E-state index contributed by atoms with van der Waals surface area (Å²) in [7, 11) is -3.78. The minimum absolute atomic E-state index is 0.0826. The van der Waals surface area contributed by atoms with Crippen LogP contribution in [0.3, 0.4) is 0 Å². The van der Waals surface area contributed by atoms with Crippen LogP contribution in [0, 0.1) is 0 Å². The molecule has 1 aromatic heterocycles. The van der Waals surface area contributed by atoms with Gasteiger partial charge in [-0.25, -0.2) is 13.4 Å². The molecule has 7 heteroatoms. The Morgan fingerprint density at radius 2 is 1.64 bits per heavy atom. The van der Waals surface area contributed by atoms with E-state index in [-0.39, 0.29) is 10.5 Å². The topological polar surface area (TPSA) is 79.4 Å². The molecule has 0 saturated heterocycles. The lowest BCUT2D eigenvalue weighted by atomic mass is 10.1. The second kappa shape index (κ2) is 8.52. The van der Waals surface area contributed by atoms with Crippen molar-refractivity contribution in [2.24, 2.45) is 0 Å².